The third-order valence-corrected chi connectivity index (χ3v) is 4.22. The number of aryl methyl sites for hydroxylation is 2. The summed E-state index contributed by atoms with van der Waals surface area (Å²) < 4.78 is 4.06. The smallest absolute Gasteiger partial charge is 0.0956 e. The number of imidazole rings is 1. The predicted octanol–water partition coefficient (Wildman–Crippen LogP) is 2.40. The molecule has 2 aromatic heterocycles. The second kappa shape index (κ2) is 4.48. The number of aromatic nitrogens is 4. The third-order valence-electron chi connectivity index (χ3n) is 4.22. The lowest BCUT2D eigenvalue weighted by molar-refractivity contribution is 0.584. The summed E-state index contributed by atoms with van der Waals surface area (Å²) in [5.41, 5.74) is 11.6. The van der Waals surface area contributed by atoms with Crippen LogP contribution in [0.4, 0.5) is 5.69 Å². The summed E-state index contributed by atoms with van der Waals surface area (Å²) in [6.07, 6.45) is 9.88. The SMILES string of the molecule is Cn1cc(-c2cncn2C2CCc3cc(N)ccc32)cn1. The fourth-order valence-electron chi connectivity index (χ4n) is 3.23. The van der Waals surface area contributed by atoms with Crippen LogP contribution in [0.2, 0.25) is 0 Å². The van der Waals surface area contributed by atoms with Gasteiger partial charge in [-0.1, -0.05) is 6.07 Å². The summed E-state index contributed by atoms with van der Waals surface area (Å²) in [4.78, 5) is 4.34. The normalized spacial score (nSPS) is 17.1. The first kappa shape index (κ1) is 12.2. The maximum atomic E-state index is 5.89. The average Bonchev–Trinajstić information content (AvgIpc) is 3.15. The molecule has 0 radical (unpaired) electrons. The molecule has 1 atom stereocenters. The molecule has 0 saturated carbocycles. The van der Waals surface area contributed by atoms with Crippen molar-refractivity contribution in [1.82, 2.24) is 19.3 Å². The number of hydrogen-bond donors (Lipinski definition) is 1. The zero-order valence-corrected chi connectivity index (χ0v) is 11.9. The van der Waals surface area contributed by atoms with E-state index in [4.69, 9.17) is 5.73 Å². The first-order chi connectivity index (χ1) is 10.2. The van der Waals surface area contributed by atoms with Gasteiger partial charge in [0.05, 0.1) is 30.5 Å². The van der Waals surface area contributed by atoms with Crippen LogP contribution in [0.15, 0.2) is 43.1 Å². The monoisotopic (exact) mass is 279 g/mol. The Morgan fingerprint density at radius 3 is 3.00 bits per heavy atom. The van der Waals surface area contributed by atoms with E-state index in [0.717, 1.165) is 29.8 Å². The Balaban J connectivity index is 1.79. The van der Waals surface area contributed by atoms with Crippen LogP contribution in [0.25, 0.3) is 11.3 Å². The molecule has 2 heterocycles. The molecule has 1 aliphatic carbocycles. The predicted molar refractivity (Wildman–Crippen MR) is 81.7 cm³/mol. The van der Waals surface area contributed by atoms with Crippen LogP contribution in [0.3, 0.4) is 0 Å². The van der Waals surface area contributed by atoms with Crippen molar-refractivity contribution in [2.45, 2.75) is 18.9 Å². The standard InChI is InChI=1S/C16H17N5/c1-20-9-12(7-19-20)16-8-18-10-21(16)15-5-2-11-6-13(17)3-4-14(11)15/h3-4,6-10,15H,2,5,17H2,1H3. The summed E-state index contributed by atoms with van der Waals surface area (Å²) in [5, 5.41) is 4.26. The van der Waals surface area contributed by atoms with Crippen LogP contribution in [0.5, 0.6) is 0 Å². The van der Waals surface area contributed by atoms with Crippen LogP contribution in [0.1, 0.15) is 23.6 Å². The minimum absolute atomic E-state index is 0.332. The maximum absolute atomic E-state index is 5.89. The van der Waals surface area contributed by atoms with E-state index in [2.05, 4.69) is 26.8 Å². The van der Waals surface area contributed by atoms with Crippen molar-refractivity contribution >= 4 is 5.69 Å². The van der Waals surface area contributed by atoms with Gasteiger partial charge < -0.3 is 10.3 Å². The Kier molecular flexibility index (Phi) is 2.60. The highest BCUT2D eigenvalue weighted by Gasteiger charge is 2.25. The molecule has 1 aliphatic rings. The molecule has 0 spiro atoms. The van der Waals surface area contributed by atoms with Gasteiger partial charge >= 0.3 is 0 Å². The highest BCUT2D eigenvalue weighted by Crippen LogP contribution is 2.37. The summed E-state index contributed by atoms with van der Waals surface area (Å²) in [7, 11) is 1.93. The van der Waals surface area contributed by atoms with E-state index in [9.17, 15) is 0 Å². The Bertz CT molecular complexity index is 799. The maximum Gasteiger partial charge on any atom is 0.0956 e. The zero-order chi connectivity index (χ0) is 14.4. The topological polar surface area (TPSA) is 61.7 Å². The molecule has 0 aliphatic heterocycles. The molecule has 0 fully saturated rings. The van der Waals surface area contributed by atoms with Gasteiger partial charge in [-0.3, -0.25) is 4.68 Å². The van der Waals surface area contributed by atoms with E-state index in [1.54, 1.807) is 0 Å². The van der Waals surface area contributed by atoms with Crippen LogP contribution < -0.4 is 5.73 Å². The van der Waals surface area contributed by atoms with Crippen molar-refractivity contribution in [3.8, 4) is 11.3 Å². The van der Waals surface area contributed by atoms with Crippen molar-refractivity contribution < 1.29 is 0 Å². The van der Waals surface area contributed by atoms with Gasteiger partial charge in [0.1, 0.15) is 0 Å². The number of nitrogen functional groups attached to an aromatic ring is 1. The molecule has 3 aromatic rings. The number of nitrogens with two attached hydrogens (primary N) is 1. The molecule has 106 valence electrons. The molecule has 21 heavy (non-hydrogen) atoms. The molecule has 1 unspecified atom stereocenters. The molecular weight excluding hydrogens is 262 g/mol. The van der Waals surface area contributed by atoms with E-state index >= 15 is 0 Å². The Hall–Kier alpha value is -2.56. The lowest BCUT2D eigenvalue weighted by Gasteiger charge is -2.16. The Morgan fingerprint density at radius 1 is 1.29 bits per heavy atom. The molecule has 4 rings (SSSR count). The van der Waals surface area contributed by atoms with Gasteiger partial charge in [0.15, 0.2) is 0 Å². The highest BCUT2D eigenvalue weighted by atomic mass is 15.2. The van der Waals surface area contributed by atoms with E-state index in [-0.39, 0.29) is 0 Å². The lowest BCUT2D eigenvalue weighted by Crippen LogP contribution is -2.07. The number of rotatable bonds is 2. The van der Waals surface area contributed by atoms with E-state index < -0.39 is 0 Å². The fourth-order valence-corrected chi connectivity index (χ4v) is 3.23. The minimum Gasteiger partial charge on any atom is -0.399 e. The number of nitrogens with zero attached hydrogens (tertiary/aromatic N) is 4. The van der Waals surface area contributed by atoms with Crippen molar-refractivity contribution in [1.29, 1.82) is 0 Å². The molecule has 0 bridgehead atoms. The third kappa shape index (κ3) is 1.93. The number of hydrogen-bond acceptors (Lipinski definition) is 3. The van der Waals surface area contributed by atoms with Gasteiger partial charge in [-0.25, -0.2) is 4.98 Å². The van der Waals surface area contributed by atoms with Crippen molar-refractivity contribution in [2.75, 3.05) is 5.73 Å². The largest absolute Gasteiger partial charge is 0.399 e. The Morgan fingerprint density at radius 2 is 2.19 bits per heavy atom. The summed E-state index contributed by atoms with van der Waals surface area (Å²) >= 11 is 0. The number of anilines is 1. The van der Waals surface area contributed by atoms with Gasteiger partial charge in [0.2, 0.25) is 0 Å². The second-order valence-corrected chi connectivity index (χ2v) is 5.60. The summed E-state index contributed by atoms with van der Waals surface area (Å²) in [6.45, 7) is 0. The Labute approximate surface area is 123 Å². The summed E-state index contributed by atoms with van der Waals surface area (Å²) in [6, 6.07) is 6.56. The van der Waals surface area contributed by atoms with Crippen molar-refractivity contribution in [3.05, 3.63) is 54.2 Å². The lowest BCUT2D eigenvalue weighted by atomic mass is 10.1. The molecule has 0 saturated heterocycles. The molecule has 5 heteroatoms. The number of fused-ring (bicyclic) bond motifs is 1. The molecular formula is C16H17N5. The fraction of sp³-hybridized carbons (Fsp3) is 0.250. The van der Waals surface area contributed by atoms with Crippen LogP contribution in [-0.4, -0.2) is 19.3 Å². The zero-order valence-electron chi connectivity index (χ0n) is 11.9. The first-order valence-corrected chi connectivity index (χ1v) is 7.11. The van der Waals surface area contributed by atoms with Crippen LogP contribution in [-0.2, 0) is 13.5 Å². The van der Waals surface area contributed by atoms with Gasteiger partial charge in [-0.05, 0) is 36.1 Å². The first-order valence-electron chi connectivity index (χ1n) is 7.11. The highest BCUT2D eigenvalue weighted by molar-refractivity contribution is 5.58. The van der Waals surface area contributed by atoms with Crippen LogP contribution in [0, 0.1) is 0 Å². The van der Waals surface area contributed by atoms with E-state index in [0.29, 0.717) is 6.04 Å². The van der Waals surface area contributed by atoms with Gasteiger partial charge in [-0.15, -0.1) is 0 Å². The quantitative estimate of drug-likeness (QED) is 0.733. The van der Waals surface area contributed by atoms with Crippen molar-refractivity contribution in [3.63, 3.8) is 0 Å². The number of benzene rings is 1. The van der Waals surface area contributed by atoms with Gasteiger partial charge in [-0.2, -0.15) is 5.10 Å². The van der Waals surface area contributed by atoms with Gasteiger partial charge in [0.25, 0.3) is 0 Å². The van der Waals surface area contributed by atoms with E-state index in [1.807, 2.05) is 42.7 Å². The second-order valence-electron chi connectivity index (χ2n) is 5.60. The van der Waals surface area contributed by atoms with Gasteiger partial charge in [0, 0.05) is 24.5 Å². The molecule has 5 nitrogen and oxygen atoms in total. The molecule has 2 N–H and O–H groups in total. The van der Waals surface area contributed by atoms with Crippen LogP contribution >= 0.6 is 0 Å². The molecule has 0 amide bonds. The van der Waals surface area contributed by atoms with Crippen molar-refractivity contribution in [2.24, 2.45) is 7.05 Å². The minimum atomic E-state index is 0.332. The average molecular weight is 279 g/mol. The summed E-state index contributed by atoms with van der Waals surface area (Å²) in [5.74, 6) is 0. The molecule has 1 aromatic carbocycles. The van der Waals surface area contributed by atoms with E-state index in [1.165, 1.54) is 11.1 Å².